The second-order valence-corrected chi connectivity index (χ2v) is 6.41. The summed E-state index contributed by atoms with van der Waals surface area (Å²) in [6.45, 7) is 3.06. The topological polar surface area (TPSA) is 60.2 Å². The zero-order chi connectivity index (χ0) is 17.9. The number of aromatic nitrogens is 3. The van der Waals surface area contributed by atoms with Crippen LogP contribution in [-0.4, -0.2) is 44.5 Å². The number of pyridine rings is 1. The van der Waals surface area contributed by atoms with E-state index >= 15 is 0 Å². The minimum absolute atomic E-state index is 0.00880. The van der Waals surface area contributed by atoms with Crippen LogP contribution in [-0.2, 0) is 4.74 Å². The van der Waals surface area contributed by atoms with Gasteiger partial charge >= 0.3 is 0 Å². The summed E-state index contributed by atoms with van der Waals surface area (Å²) >= 11 is 0. The van der Waals surface area contributed by atoms with Gasteiger partial charge < -0.3 is 9.64 Å². The molecule has 0 bridgehead atoms. The van der Waals surface area contributed by atoms with Gasteiger partial charge in [-0.3, -0.25) is 9.36 Å². The molecule has 4 rings (SSSR count). The molecule has 0 N–H and O–H groups in total. The molecule has 2 atom stereocenters. The van der Waals surface area contributed by atoms with Crippen molar-refractivity contribution in [2.75, 3.05) is 13.2 Å². The first-order valence-electron chi connectivity index (χ1n) is 8.64. The molecular formula is C20H20N4O2. The highest BCUT2D eigenvalue weighted by atomic mass is 16.5. The standard InChI is InChI=1S/C20H20N4O2/c1-15-13-26-18(16-5-3-2-4-6-16)12-24(15)20(25)17-7-8-22-19(11-17)23-10-9-21-14-23/h2-11,14-15,18H,12-13H2,1H3. The van der Waals surface area contributed by atoms with Crippen molar-refractivity contribution in [3.63, 3.8) is 0 Å². The first kappa shape index (κ1) is 16.5. The summed E-state index contributed by atoms with van der Waals surface area (Å²) in [5.41, 5.74) is 1.70. The van der Waals surface area contributed by atoms with Crippen molar-refractivity contribution in [2.24, 2.45) is 0 Å². The smallest absolute Gasteiger partial charge is 0.254 e. The van der Waals surface area contributed by atoms with Crippen LogP contribution in [0.4, 0.5) is 0 Å². The van der Waals surface area contributed by atoms with Crippen LogP contribution in [0.1, 0.15) is 28.9 Å². The fourth-order valence-electron chi connectivity index (χ4n) is 3.16. The lowest BCUT2D eigenvalue weighted by molar-refractivity contribution is -0.0486. The Balaban J connectivity index is 1.57. The fraction of sp³-hybridized carbons (Fsp3) is 0.250. The number of morpholine rings is 1. The Morgan fingerprint density at radius 1 is 1.19 bits per heavy atom. The Morgan fingerprint density at radius 3 is 2.81 bits per heavy atom. The summed E-state index contributed by atoms with van der Waals surface area (Å²) in [7, 11) is 0. The Morgan fingerprint density at radius 2 is 2.04 bits per heavy atom. The maximum absolute atomic E-state index is 13.1. The van der Waals surface area contributed by atoms with Crippen molar-refractivity contribution in [3.05, 3.63) is 78.5 Å². The molecule has 132 valence electrons. The molecule has 0 saturated carbocycles. The van der Waals surface area contributed by atoms with Crippen LogP contribution in [0, 0.1) is 0 Å². The van der Waals surface area contributed by atoms with Crippen molar-refractivity contribution in [1.29, 1.82) is 0 Å². The summed E-state index contributed by atoms with van der Waals surface area (Å²) in [5, 5.41) is 0. The zero-order valence-corrected chi connectivity index (χ0v) is 14.5. The second-order valence-electron chi connectivity index (χ2n) is 6.41. The molecule has 1 amide bonds. The molecule has 26 heavy (non-hydrogen) atoms. The summed E-state index contributed by atoms with van der Waals surface area (Å²) in [4.78, 5) is 23.4. The molecule has 6 heteroatoms. The molecule has 1 aliphatic heterocycles. The average molecular weight is 348 g/mol. The third kappa shape index (κ3) is 3.23. The predicted molar refractivity (Wildman–Crippen MR) is 97.0 cm³/mol. The van der Waals surface area contributed by atoms with Gasteiger partial charge in [0, 0.05) is 24.2 Å². The van der Waals surface area contributed by atoms with E-state index in [1.54, 1.807) is 41.6 Å². The van der Waals surface area contributed by atoms with Crippen molar-refractivity contribution in [2.45, 2.75) is 19.1 Å². The van der Waals surface area contributed by atoms with Crippen LogP contribution in [0.2, 0.25) is 0 Å². The molecule has 6 nitrogen and oxygen atoms in total. The third-order valence-corrected chi connectivity index (χ3v) is 4.63. The Kier molecular flexibility index (Phi) is 4.50. The summed E-state index contributed by atoms with van der Waals surface area (Å²) in [5.74, 6) is 0.666. The van der Waals surface area contributed by atoms with Gasteiger partial charge in [0.25, 0.3) is 5.91 Å². The van der Waals surface area contributed by atoms with Crippen LogP contribution in [0.25, 0.3) is 5.82 Å². The number of ether oxygens (including phenoxy) is 1. The number of hydrogen-bond donors (Lipinski definition) is 0. The van der Waals surface area contributed by atoms with Gasteiger partial charge in [-0.1, -0.05) is 30.3 Å². The Hall–Kier alpha value is -2.99. The summed E-state index contributed by atoms with van der Waals surface area (Å²) in [6, 6.07) is 13.6. The highest BCUT2D eigenvalue weighted by Crippen LogP contribution is 2.26. The summed E-state index contributed by atoms with van der Waals surface area (Å²) in [6.07, 6.45) is 6.71. The number of carbonyl (C=O) groups is 1. The minimum Gasteiger partial charge on any atom is -0.370 e. The number of imidazole rings is 1. The molecule has 2 unspecified atom stereocenters. The SMILES string of the molecule is CC1COC(c2ccccc2)CN1C(=O)c1ccnc(-n2ccnc2)c1. The van der Waals surface area contributed by atoms with Gasteiger partial charge in [-0.25, -0.2) is 9.97 Å². The van der Waals surface area contributed by atoms with Crippen LogP contribution < -0.4 is 0 Å². The molecule has 2 aromatic heterocycles. The normalized spacial score (nSPS) is 20.1. The van der Waals surface area contributed by atoms with Gasteiger partial charge in [-0.2, -0.15) is 0 Å². The fourth-order valence-corrected chi connectivity index (χ4v) is 3.16. The van der Waals surface area contributed by atoms with Crippen LogP contribution in [0.3, 0.4) is 0 Å². The molecule has 3 heterocycles. The predicted octanol–water partition coefficient (Wildman–Crippen LogP) is 2.87. The van der Waals surface area contributed by atoms with Crippen LogP contribution in [0.15, 0.2) is 67.4 Å². The molecule has 0 spiro atoms. The van der Waals surface area contributed by atoms with Crippen molar-refractivity contribution in [3.8, 4) is 5.82 Å². The molecule has 1 aromatic carbocycles. The number of nitrogens with zero attached hydrogens (tertiary/aromatic N) is 4. The van der Waals surface area contributed by atoms with E-state index < -0.39 is 0 Å². The largest absolute Gasteiger partial charge is 0.370 e. The lowest BCUT2D eigenvalue weighted by Gasteiger charge is -2.38. The maximum Gasteiger partial charge on any atom is 0.254 e. The molecule has 0 aliphatic carbocycles. The van der Waals surface area contributed by atoms with E-state index in [0.717, 1.165) is 5.56 Å². The van der Waals surface area contributed by atoms with Crippen LogP contribution in [0.5, 0.6) is 0 Å². The van der Waals surface area contributed by atoms with E-state index in [1.807, 2.05) is 42.2 Å². The highest BCUT2D eigenvalue weighted by molar-refractivity contribution is 5.94. The summed E-state index contributed by atoms with van der Waals surface area (Å²) < 4.78 is 7.74. The molecule has 1 fully saturated rings. The quantitative estimate of drug-likeness (QED) is 0.730. The van der Waals surface area contributed by atoms with E-state index in [2.05, 4.69) is 9.97 Å². The first-order chi connectivity index (χ1) is 12.7. The molecule has 3 aromatic rings. The van der Waals surface area contributed by atoms with Crippen LogP contribution >= 0.6 is 0 Å². The molecule has 0 radical (unpaired) electrons. The van der Waals surface area contributed by atoms with Gasteiger partial charge in [0.15, 0.2) is 0 Å². The lowest BCUT2D eigenvalue weighted by Crippen LogP contribution is -2.48. The maximum atomic E-state index is 13.1. The average Bonchev–Trinajstić information content (AvgIpc) is 3.23. The lowest BCUT2D eigenvalue weighted by atomic mass is 10.1. The van der Waals surface area contributed by atoms with Crippen molar-refractivity contribution < 1.29 is 9.53 Å². The van der Waals surface area contributed by atoms with Gasteiger partial charge in [0.1, 0.15) is 18.2 Å². The second kappa shape index (κ2) is 7.09. The van der Waals surface area contributed by atoms with Gasteiger partial charge in [-0.05, 0) is 24.6 Å². The van der Waals surface area contributed by atoms with Crippen molar-refractivity contribution >= 4 is 5.91 Å². The molecule has 1 aliphatic rings. The number of benzene rings is 1. The van der Waals surface area contributed by atoms with E-state index in [1.165, 1.54) is 0 Å². The minimum atomic E-state index is -0.105. The number of rotatable bonds is 3. The van der Waals surface area contributed by atoms with Crippen molar-refractivity contribution in [1.82, 2.24) is 19.4 Å². The zero-order valence-electron chi connectivity index (χ0n) is 14.5. The number of hydrogen-bond acceptors (Lipinski definition) is 4. The van der Waals surface area contributed by atoms with E-state index in [-0.39, 0.29) is 18.1 Å². The number of carbonyl (C=O) groups excluding carboxylic acids is 1. The number of amides is 1. The van der Waals surface area contributed by atoms with Gasteiger partial charge in [0.2, 0.25) is 0 Å². The van der Waals surface area contributed by atoms with E-state index in [0.29, 0.717) is 24.5 Å². The highest BCUT2D eigenvalue weighted by Gasteiger charge is 2.31. The Labute approximate surface area is 152 Å². The van der Waals surface area contributed by atoms with E-state index in [9.17, 15) is 4.79 Å². The van der Waals surface area contributed by atoms with Gasteiger partial charge in [-0.15, -0.1) is 0 Å². The third-order valence-electron chi connectivity index (χ3n) is 4.63. The Bertz CT molecular complexity index is 880. The van der Waals surface area contributed by atoms with Gasteiger partial charge in [0.05, 0.1) is 19.2 Å². The first-order valence-corrected chi connectivity index (χ1v) is 8.64. The monoisotopic (exact) mass is 348 g/mol. The molecule has 1 saturated heterocycles. The molecular weight excluding hydrogens is 328 g/mol. The van der Waals surface area contributed by atoms with E-state index in [4.69, 9.17) is 4.74 Å².